The van der Waals surface area contributed by atoms with E-state index in [1.54, 1.807) is 0 Å². The number of ether oxygens (including phenoxy) is 1. The van der Waals surface area contributed by atoms with Gasteiger partial charge in [0.05, 0.1) is 12.3 Å². The zero-order valence-corrected chi connectivity index (χ0v) is 11.6. The van der Waals surface area contributed by atoms with Crippen LogP contribution in [0.15, 0.2) is 18.2 Å². The summed E-state index contributed by atoms with van der Waals surface area (Å²) >= 11 is 6.06. The van der Waals surface area contributed by atoms with Crippen LogP contribution in [0.4, 0.5) is 5.69 Å². The predicted octanol–water partition coefficient (Wildman–Crippen LogP) is 3.29. The molecule has 0 saturated carbocycles. The lowest BCUT2D eigenvalue weighted by Crippen LogP contribution is -2.38. The number of hydrogen-bond acceptors (Lipinski definition) is 3. The molecule has 4 heteroatoms. The number of halogens is 1. The Balaban J connectivity index is 2.05. The van der Waals surface area contributed by atoms with Crippen molar-refractivity contribution in [3.63, 3.8) is 0 Å². The Morgan fingerprint density at radius 2 is 2.39 bits per heavy atom. The standard InChI is InChI=1S/C14H21ClN2O/c1-2-8-18-14-6-5-11(15)9-13(14)17-12-4-3-7-16-10-12/h5-6,9,12,16-17H,2-4,7-8,10H2,1H3. The largest absolute Gasteiger partial charge is 0.491 e. The van der Waals surface area contributed by atoms with E-state index in [0.29, 0.717) is 6.04 Å². The highest BCUT2D eigenvalue weighted by molar-refractivity contribution is 6.30. The fourth-order valence-electron chi connectivity index (χ4n) is 2.15. The SMILES string of the molecule is CCCOc1ccc(Cl)cc1NC1CCCNC1. The van der Waals surface area contributed by atoms with Gasteiger partial charge in [0.1, 0.15) is 5.75 Å². The maximum atomic E-state index is 6.06. The smallest absolute Gasteiger partial charge is 0.142 e. The third-order valence-corrected chi connectivity index (χ3v) is 3.29. The van der Waals surface area contributed by atoms with Crippen molar-refractivity contribution in [2.24, 2.45) is 0 Å². The zero-order chi connectivity index (χ0) is 12.8. The monoisotopic (exact) mass is 268 g/mol. The summed E-state index contributed by atoms with van der Waals surface area (Å²) in [6, 6.07) is 6.22. The first-order valence-electron chi connectivity index (χ1n) is 6.69. The van der Waals surface area contributed by atoms with E-state index in [9.17, 15) is 0 Å². The second-order valence-electron chi connectivity index (χ2n) is 4.68. The van der Waals surface area contributed by atoms with Gasteiger partial charge >= 0.3 is 0 Å². The number of hydrogen-bond donors (Lipinski definition) is 2. The summed E-state index contributed by atoms with van der Waals surface area (Å²) in [5, 5.41) is 7.66. The van der Waals surface area contributed by atoms with Crippen molar-refractivity contribution in [1.82, 2.24) is 5.32 Å². The van der Waals surface area contributed by atoms with Crippen LogP contribution in [0.5, 0.6) is 5.75 Å². The number of nitrogens with one attached hydrogen (secondary N) is 2. The average molecular weight is 269 g/mol. The van der Waals surface area contributed by atoms with Crippen molar-refractivity contribution < 1.29 is 4.74 Å². The lowest BCUT2D eigenvalue weighted by Gasteiger charge is -2.26. The molecule has 1 atom stereocenters. The fourth-order valence-corrected chi connectivity index (χ4v) is 2.32. The molecule has 0 spiro atoms. The molecule has 1 fully saturated rings. The summed E-state index contributed by atoms with van der Waals surface area (Å²) in [4.78, 5) is 0. The van der Waals surface area contributed by atoms with Gasteiger partial charge in [0.25, 0.3) is 0 Å². The predicted molar refractivity (Wildman–Crippen MR) is 76.8 cm³/mol. The highest BCUT2D eigenvalue weighted by Crippen LogP contribution is 2.29. The summed E-state index contributed by atoms with van der Waals surface area (Å²) in [5.74, 6) is 0.895. The van der Waals surface area contributed by atoms with E-state index in [1.807, 2.05) is 18.2 Å². The molecule has 1 heterocycles. The van der Waals surface area contributed by atoms with E-state index in [2.05, 4.69) is 17.6 Å². The highest BCUT2D eigenvalue weighted by Gasteiger charge is 2.14. The number of benzene rings is 1. The molecular weight excluding hydrogens is 248 g/mol. The molecule has 100 valence electrons. The summed E-state index contributed by atoms with van der Waals surface area (Å²) in [6.45, 7) is 4.96. The zero-order valence-electron chi connectivity index (χ0n) is 10.8. The molecule has 0 aromatic heterocycles. The van der Waals surface area contributed by atoms with Crippen LogP contribution >= 0.6 is 11.6 Å². The summed E-state index contributed by atoms with van der Waals surface area (Å²) < 4.78 is 5.74. The van der Waals surface area contributed by atoms with Crippen LogP contribution in [0.2, 0.25) is 5.02 Å². The molecule has 2 rings (SSSR count). The molecule has 1 unspecified atom stereocenters. The molecule has 1 aliphatic rings. The van der Waals surface area contributed by atoms with Crippen molar-refractivity contribution in [3.05, 3.63) is 23.2 Å². The van der Waals surface area contributed by atoms with Gasteiger partial charge in [-0.05, 0) is 44.0 Å². The van der Waals surface area contributed by atoms with Gasteiger partial charge in [0.2, 0.25) is 0 Å². The van der Waals surface area contributed by atoms with Crippen molar-refractivity contribution >= 4 is 17.3 Å². The van der Waals surface area contributed by atoms with Crippen LogP contribution in [-0.2, 0) is 0 Å². The quantitative estimate of drug-likeness (QED) is 0.860. The van der Waals surface area contributed by atoms with Crippen LogP contribution in [0.3, 0.4) is 0 Å². The van der Waals surface area contributed by atoms with Gasteiger partial charge in [0, 0.05) is 17.6 Å². The van der Waals surface area contributed by atoms with Crippen LogP contribution in [0.1, 0.15) is 26.2 Å². The Bertz CT molecular complexity index is 378. The molecule has 2 N–H and O–H groups in total. The summed E-state index contributed by atoms with van der Waals surface area (Å²) in [5.41, 5.74) is 1.00. The Hall–Kier alpha value is -0.930. The van der Waals surface area contributed by atoms with E-state index in [0.717, 1.165) is 42.6 Å². The Morgan fingerprint density at radius 1 is 1.50 bits per heavy atom. The van der Waals surface area contributed by atoms with Crippen LogP contribution < -0.4 is 15.4 Å². The second-order valence-corrected chi connectivity index (χ2v) is 5.11. The maximum absolute atomic E-state index is 6.06. The van der Waals surface area contributed by atoms with E-state index < -0.39 is 0 Å². The van der Waals surface area contributed by atoms with Gasteiger partial charge in [-0.3, -0.25) is 0 Å². The highest BCUT2D eigenvalue weighted by atomic mass is 35.5. The number of rotatable bonds is 5. The molecule has 0 bridgehead atoms. The molecule has 1 aromatic rings. The topological polar surface area (TPSA) is 33.3 Å². The molecule has 0 radical (unpaired) electrons. The van der Waals surface area contributed by atoms with Crippen molar-refractivity contribution in [2.45, 2.75) is 32.2 Å². The van der Waals surface area contributed by atoms with Crippen molar-refractivity contribution in [1.29, 1.82) is 0 Å². The van der Waals surface area contributed by atoms with E-state index >= 15 is 0 Å². The van der Waals surface area contributed by atoms with Crippen LogP contribution in [0, 0.1) is 0 Å². The van der Waals surface area contributed by atoms with Crippen molar-refractivity contribution in [3.8, 4) is 5.75 Å². The van der Waals surface area contributed by atoms with E-state index in [-0.39, 0.29) is 0 Å². The summed E-state index contributed by atoms with van der Waals surface area (Å²) in [7, 11) is 0. The molecule has 1 aliphatic heterocycles. The van der Waals surface area contributed by atoms with Gasteiger partial charge < -0.3 is 15.4 Å². The lowest BCUT2D eigenvalue weighted by molar-refractivity contribution is 0.318. The Labute approximate surface area is 114 Å². The first-order chi connectivity index (χ1) is 8.79. The molecule has 0 amide bonds. The first kappa shape index (κ1) is 13.5. The molecular formula is C14H21ClN2O. The second kappa shape index (κ2) is 6.86. The van der Waals surface area contributed by atoms with Gasteiger partial charge in [-0.15, -0.1) is 0 Å². The van der Waals surface area contributed by atoms with Gasteiger partial charge in [-0.2, -0.15) is 0 Å². The molecule has 0 aliphatic carbocycles. The van der Waals surface area contributed by atoms with E-state index in [1.165, 1.54) is 12.8 Å². The maximum Gasteiger partial charge on any atom is 0.142 e. The average Bonchev–Trinajstić information content (AvgIpc) is 2.39. The van der Waals surface area contributed by atoms with Crippen LogP contribution in [0.25, 0.3) is 0 Å². The van der Waals surface area contributed by atoms with E-state index in [4.69, 9.17) is 16.3 Å². The first-order valence-corrected chi connectivity index (χ1v) is 7.07. The minimum absolute atomic E-state index is 0.459. The molecule has 3 nitrogen and oxygen atoms in total. The number of piperidine rings is 1. The normalized spacial score (nSPS) is 19.6. The number of anilines is 1. The van der Waals surface area contributed by atoms with Crippen molar-refractivity contribution in [2.75, 3.05) is 25.0 Å². The summed E-state index contributed by atoms with van der Waals surface area (Å²) in [6.07, 6.45) is 3.41. The van der Waals surface area contributed by atoms with Gasteiger partial charge in [-0.1, -0.05) is 18.5 Å². The third-order valence-electron chi connectivity index (χ3n) is 3.06. The molecule has 1 saturated heterocycles. The van der Waals surface area contributed by atoms with Gasteiger partial charge in [0.15, 0.2) is 0 Å². The fraction of sp³-hybridized carbons (Fsp3) is 0.571. The third kappa shape index (κ3) is 3.79. The van der Waals surface area contributed by atoms with Gasteiger partial charge in [-0.25, -0.2) is 0 Å². The van der Waals surface area contributed by atoms with Crippen LogP contribution in [-0.4, -0.2) is 25.7 Å². The Morgan fingerprint density at radius 3 is 3.11 bits per heavy atom. The minimum atomic E-state index is 0.459. The molecule has 18 heavy (non-hydrogen) atoms. The minimum Gasteiger partial charge on any atom is -0.491 e. The Kier molecular flexibility index (Phi) is 5.14. The molecule has 1 aromatic carbocycles. The lowest BCUT2D eigenvalue weighted by atomic mass is 10.1.